The van der Waals surface area contributed by atoms with Crippen LogP contribution in [0.15, 0.2) is 30.7 Å². The van der Waals surface area contributed by atoms with E-state index in [0.717, 1.165) is 12.8 Å². The number of imidazole rings is 1. The fourth-order valence-electron chi connectivity index (χ4n) is 2.35. The Labute approximate surface area is 115 Å². The number of nitrogens with zero attached hydrogens (tertiary/aromatic N) is 3. The number of aromatic nitrogens is 2. The molecular weight excluding hydrogens is 258 g/mol. The third-order valence-electron chi connectivity index (χ3n) is 3.75. The molecule has 1 aliphatic rings. The highest BCUT2D eigenvalue weighted by Crippen LogP contribution is 2.33. The van der Waals surface area contributed by atoms with Gasteiger partial charge in [0.2, 0.25) is 0 Å². The summed E-state index contributed by atoms with van der Waals surface area (Å²) in [4.78, 5) is 25.6. The predicted molar refractivity (Wildman–Crippen MR) is 72.6 cm³/mol. The number of non-ortho nitro benzene ring substituents is 1. The van der Waals surface area contributed by atoms with Crippen molar-refractivity contribution in [1.29, 1.82) is 0 Å². The molecule has 1 fully saturated rings. The standard InChI is InChI=1S/C14H13N3O3/c18-8-10-6-12(17(19)20)4-5-13(10)14-7-16(9-15-14)11-2-1-3-11/h4-9,11H,1-3H2. The normalized spacial score (nSPS) is 14.8. The molecule has 1 heterocycles. The number of hydrogen-bond acceptors (Lipinski definition) is 4. The maximum absolute atomic E-state index is 11.1. The molecule has 2 aromatic rings. The minimum Gasteiger partial charge on any atom is -0.334 e. The molecule has 0 spiro atoms. The Hall–Kier alpha value is -2.50. The zero-order chi connectivity index (χ0) is 14.1. The van der Waals surface area contributed by atoms with Crippen LogP contribution in [0, 0.1) is 10.1 Å². The lowest BCUT2D eigenvalue weighted by Crippen LogP contribution is -2.14. The van der Waals surface area contributed by atoms with Gasteiger partial charge in [-0.25, -0.2) is 4.98 Å². The van der Waals surface area contributed by atoms with Crippen LogP contribution in [0.5, 0.6) is 0 Å². The molecule has 0 unspecified atom stereocenters. The Kier molecular flexibility index (Phi) is 3.06. The van der Waals surface area contributed by atoms with Gasteiger partial charge in [0.1, 0.15) is 0 Å². The zero-order valence-electron chi connectivity index (χ0n) is 10.7. The first kappa shape index (κ1) is 12.5. The number of benzene rings is 1. The van der Waals surface area contributed by atoms with Crippen molar-refractivity contribution in [3.05, 3.63) is 46.4 Å². The quantitative estimate of drug-likeness (QED) is 0.486. The van der Waals surface area contributed by atoms with Crippen LogP contribution in [0.3, 0.4) is 0 Å². The minimum absolute atomic E-state index is 0.0886. The fraction of sp³-hybridized carbons (Fsp3) is 0.286. The van der Waals surface area contributed by atoms with E-state index in [0.29, 0.717) is 23.6 Å². The minimum atomic E-state index is -0.510. The van der Waals surface area contributed by atoms with Gasteiger partial charge in [0.15, 0.2) is 6.29 Å². The number of rotatable bonds is 4. The lowest BCUT2D eigenvalue weighted by atomic mass is 9.93. The number of nitro groups is 1. The van der Waals surface area contributed by atoms with Gasteiger partial charge >= 0.3 is 0 Å². The number of nitro benzene ring substituents is 1. The molecule has 1 aromatic heterocycles. The predicted octanol–water partition coefficient (Wildman–Crippen LogP) is 3.00. The Bertz CT molecular complexity index is 674. The monoisotopic (exact) mass is 271 g/mol. The Balaban J connectivity index is 1.98. The van der Waals surface area contributed by atoms with E-state index in [4.69, 9.17) is 0 Å². The Morgan fingerprint density at radius 2 is 2.20 bits per heavy atom. The molecule has 0 radical (unpaired) electrons. The molecule has 1 aliphatic carbocycles. The fourth-order valence-corrected chi connectivity index (χ4v) is 2.35. The van der Waals surface area contributed by atoms with Gasteiger partial charge in [-0.1, -0.05) is 0 Å². The van der Waals surface area contributed by atoms with E-state index in [1.54, 1.807) is 12.4 Å². The molecule has 6 heteroatoms. The number of hydrogen-bond donors (Lipinski definition) is 0. The second-order valence-electron chi connectivity index (χ2n) is 4.94. The summed E-state index contributed by atoms with van der Waals surface area (Å²) in [5.41, 5.74) is 1.50. The van der Waals surface area contributed by atoms with Crippen molar-refractivity contribution in [2.75, 3.05) is 0 Å². The smallest absolute Gasteiger partial charge is 0.270 e. The molecule has 0 amide bonds. The topological polar surface area (TPSA) is 78.0 Å². The maximum atomic E-state index is 11.1. The van der Waals surface area contributed by atoms with E-state index in [1.807, 2.05) is 6.20 Å². The van der Waals surface area contributed by atoms with Crippen molar-refractivity contribution in [2.24, 2.45) is 0 Å². The molecule has 0 aliphatic heterocycles. The van der Waals surface area contributed by atoms with E-state index < -0.39 is 4.92 Å². The van der Waals surface area contributed by atoms with Gasteiger partial charge in [0.25, 0.3) is 5.69 Å². The molecule has 0 bridgehead atoms. The van der Waals surface area contributed by atoms with Crippen LogP contribution in [0.2, 0.25) is 0 Å². The van der Waals surface area contributed by atoms with E-state index in [-0.39, 0.29) is 11.3 Å². The first-order valence-electron chi connectivity index (χ1n) is 6.46. The Morgan fingerprint density at radius 1 is 1.40 bits per heavy atom. The van der Waals surface area contributed by atoms with Crippen LogP contribution in [0.25, 0.3) is 11.3 Å². The summed E-state index contributed by atoms with van der Waals surface area (Å²) in [7, 11) is 0. The molecule has 1 aromatic carbocycles. The first-order chi connectivity index (χ1) is 9.69. The largest absolute Gasteiger partial charge is 0.334 e. The SMILES string of the molecule is O=Cc1cc([N+](=O)[O-])ccc1-c1cn(C2CCC2)cn1. The van der Waals surface area contributed by atoms with Crippen molar-refractivity contribution in [1.82, 2.24) is 9.55 Å². The summed E-state index contributed by atoms with van der Waals surface area (Å²) in [6, 6.07) is 4.75. The van der Waals surface area contributed by atoms with Crippen LogP contribution < -0.4 is 0 Å². The average Bonchev–Trinajstić information content (AvgIpc) is 2.85. The lowest BCUT2D eigenvalue weighted by Gasteiger charge is -2.26. The second-order valence-corrected chi connectivity index (χ2v) is 4.94. The van der Waals surface area contributed by atoms with Gasteiger partial charge in [0.05, 0.1) is 16.9 Å². The van der Waals surface area contributed by atoms with Crippen molar-refractivity contribution < 1.29 is 9.72 Å². The van der Waals surface area contributed by atoms with Gasteiger partial charge in [-0.2, -0.15) is 0 Å². The van der Waals surface area contributed by atoms with Gasteiger partial charge < -0.3 is 4.57 Å². The second kappa shape index (κ2) is 4.88. The van der Waals surface area contributed by atoms with Gasteiger partial charge in [-0.15, -0.1) is 0 Å². The van der Waals surface area contributed by atoms with Crippen LogP contribution >= 0.6 is 0 Å². The van der Waals surface area contributed by atoms with Crippen LogP contribution in [0.1, 0.15) is 35.7 Å². The first-order valence-corrected chi connectivity index (χ1v) is 6.46. The molecule has 3 rings (SSSR count). The Morgan fingerprint density at radius 3 is 2.80 bits per heavy atom. The highest BCUT2D eigenvalue weighted by Gasteiger charge is 2.20. The molecular formula is C14H13N3O3. The van der Waals surface area contributed by atoms with Gasteiger partial charge in [-0.3, -0.25) is 14.9 Å². The third-order valence-corrected chi connectivity index (χ3v) is 3.75. The van der Waals surface area contributed by atoms with E-state index in [9.17, 15) is 14.9 Å². The highest BCUT2D eigenvalue weighted by molar-refractivity contribution is 5.87. The number of carbonyl (C=O) groups excluding carboxylic acids is 1. The summed E-state index contributed by atoms with van der Waals surface area (Å²) in [6.07, 6.45) is 7.82. The zero-order valence-corrected chi connectivity index (χ0v) is 10.7. The van der Waals surface area contributed by atoms with Crippen LogP contribution in [-0.2, 0) is 0 Å². The summed E-state index contributed by atoms with van der Waals surface area (Å²) in [5.74, 6) is 0. The van der Waals surface area contributed by atoms with Crippen molar-refractivity contribution >= 4 is 12.0 Å². The summed E-state index contributed by atoms with van der Waals surface area (Å²) in [5, 5.41) is 10.7. The molecule has 102 valence electrons. The summed E-state index contributed by atoms with van der Waals surface area (Å²) < 4.78 is 2.05. The number of carbonyl (C=O) groups is 1. The summed E-state index contributed by atoms with van der Waals surface area (Å²) in [6.45, 7) is 0. The molecule has 6 nitrogen and oxygen atoms in total. The van der Waals surface area contributed by atoms with Crippen LogP contribution in [-0.4, -0.2) is 20.8 Å². The molecule has 0 N–H and O–H groups in total. The molecule has 20 heavy (non-hydrogen) atoms. The highest BCUT2D eigenvalue weighted by atomic mass is 16.6. The molecule has 0 saturated heterocycles. The molecule has 1 saturated carbocycles. The molecule has 0 atom stereocenters. The van der Waals surface area contributed by atoms with Gasteiger partial charge in [0, 0.05) is 35.5 Å². The average molecular weight is 271 g/mol. The lowest BCUT2D eigenvalue weighted by molar-refractivity contribution is -0.384. The third kappa shape index (κ3) is 2.09. The maximum Gasteiger partial charge on any atom is 0.270 e. The van der Waals surface area contributed by atoms with Gasteiger partial charge in [-0.05, 0) is 25.3 Å². The van der Waals surface area contributed by atoms with Crippen molar-refractivity contribution in [3.63, 3.8) is 0 Å². The van der Waals surface area contributed by atoms with E-state index in [1.165, 1.54) is 18.6 Å². The number of aldehydes is 1. The van der Waals surface area contributed by atoms with E-state index in [2.05, 4.69) is 9.55 Å². The van der Waals surface area contributed by atoms with Crippen LogP contribution in [0.4, 0.5) is 5.69 Å². The van der Waals surface area contributed by atoms with Crippen molar-refractivity contribution in [2.45, 2.75) is 25.3 Å². The van der Waals surface area contributed by atoms with E-state index >= 15 is 0 Å². The summed E-state index contributed by atoms with van der Waals surface area (Å²) >= 11 is 0. The van der Waals surface area contributed by atoms with Crippen molar-refractivity contribution in [3.8, 4) is 11.3 Å².